The van der Waals surface area contributed by atoms with Crippen molar-refractivity contribution in [3.63, 3.8) is 0 Å². The molecule has 0 aliphatic carbocycles. The van der Waals surface area contributed by atoms with Crippen LogP contribution >= 0.6 is 11.3 Å². The number of alkyl halides is 3. The number of hydrogen-bond donors (Lipinski definition) is 0. The summed E-state index contributed by atoms with van der Waals surface area (Å²) < 4.78 is 39.0. The number of hydrogen-bond acceptors (Lipinski definition) is 3. The van der Waals surface area contributed by atoms with Gasteiger partial charge < -0.3 is 9.80 Å². The van der Waals surface area contributed by atoms with E-state index >= 15 is 0 Å². The molecule has 7 heteroatoms. The van der Waals surface area contributed by atoms with E-state index in [4.69, 9.17) is 0 Å². The van der Waals surface area contributed by atoms with E-state index in [1.54, 1.807) is 20.2 Å². The summed E-state index contributed by atoms with van der Waals surface area (Å²) in [5, 5.41) is 0. The van der Waals surface area contributed by atoms with Crippen molar-refractivity contribution in [2.45, 2.75) is 18.6 Å². The molecule has 3 aromatic rings. The van der Waals surface area contributed by atoms with Crippen LogP contribution in [0.25, 0.3) is 5.57 Å². The van der Waals surface area contributed by atoms with Gasteiger partial charge in [-0.1, -0.05) is 36.9 Å². The highest BCUT2D eigenvalue weighted by Gasteiger charge is 2.30. The maximum Gasteiger partial charge on any atom is 0.416 e. The third-order valence-electron chi connectivity index (χ3n) is 5.26. The summed E-state index contributed by atoms with van der Waals surface area (Å²) in [5.74, 6) is -0.0842. The number of carbonyl (C=O) groups is 1. The number of carbonyl (C=O) groups excluding carboxylic acids is 1. The topological polar surface area (TPSA) is 23.6 Å². The maximum atomic E-state index is 13.0. The molecular formula is C25H25F3N2OS. The molecule has 168 valence electrons. The standard InChI is InChI=1S/C25H25F3N2OS/c1-17(18-8-6-5-7-9-18)16-21(22-14-15-23(32-22)24(31)29(2)3)30(4)20-12-10-19(11-13-20)25(26,27)28/h5-15,21H,1,16H2,2-4H3. The lowest BCUT2D eigenvalue weighted by Gasteiger charge is -2.30. The monoisotopic (exact) mass is 458 g/mol. The van der Waals surface area contributed by atoms with Gasteiger partial charge >= 0.3 is 6.18 Å². The van der Waals surface area contributed by atoms with Gasteiger partial charge in [0.25, 0.3) is 5.91 Å². The molecule has 0 aliphatic heterocycles. The molecule has 1 atom stereocenters. The van der Waals surface area contributed by atoms with E-state index < -0.39 is 11.7 Å². The lowest BCUT2D eigenvalue weighted by molar-refractivity contribution is -0.137. The molecule has 1 unspecified atom stereocenters. The van der Waals surface area contributed by atoms with E-state index in [0.29, 0.717) is 17.0 Å². The van der Waals surface area contributed by atoms with Gasteiger partial charge in [0.1, 0.15) is 0 Å². The van der Waals surface area contributed by atoms with Gasteiger partial charge in [-0.05, 0) is 54.0 Å². The van der Waals surface area contributed by atoms with Gasteiger partial charge in [0.05, 0.1) is 16.5 Å². The SMILES string of the molecule is C=C(CC(c1ccc(C(=O)N(C)C)s1)N(C)c1ccc(C(F)(F)F)cc1)c1ccccc1. The van der Waals surface area contributed by atoms with E-state index in [2.05, 4.69) is 6.58 Å². The van der Waals surface area contributed by atoms with Crippen LogP contribution in [0.3, 0.4) is 0 Å². The molecule has 0 saturated heterocycles. The van der Waals surface area contributed by atoms with E-state index in [1.807, 2.05) is 48.3 Å². The average molecular weight is 459 g/mol. The van der Waals surface area contributed by atoms with Gasteiger partial charge in [-0.15, -0.1) is 11.3 Å². The fraction of sp³-hybridized carbons (Fsp3) is 0.240. The highest BCUT2D eigenvalue weighted by Crippen LogP contribution is 2.38. The van der Waals surface area contributed by atoms with Gasteiger partial charge in [-0.2, -0.15) is 13.2 Å². The smallest absolute Gasteiger partial charge is 0.366 e. The first-order valence-corrected chi connectivity index (χ1v) is 10.8. The highest BCUT2D eigenvalue weighted by atomic mass is 32.1. The zero-order valence-electron chi connectivity index (χ0n) is 18.2. The number of nitrogens with zero attached hydrogens (tertiary/aromatic N) is 2. The minimum absolute atomic E-state index is 0.0842. The molecule has 2 aromatic carbocycles. The zero-order valence-corrected chi connectivity index (χ0v) is 19.0. The third kappa shape index (κ3) is 5.40. The third-order valence-corrected chi connectivity index (χ3v) is 6.44. The molecule has 3 rings (SSSR count). The molecule has 3 nitrogen and oxygen atoms in total. The van der Waals surface area contributed by atoms with Crippen LogP contribution in [0, 0.1) is 0 Å². The van der Waals surface area contributed by atoms with Crippen LogP contribution in [0.5, 0.6) is 0 Å². The van der Waals surface area contributed by atoms with Crippen LogP contribution in [0.4, 0.5) is 18.9 Å². The fourth-order valence-corrected chi connectivity index (χ4v) is 4.56. The molecule has 0 radical (unpaired) electrons. The summed E-state index contributed by atoms with van der Waals surface area (Å²) >= 11 is 1.39. The van der Waals surface area contributed by atoms with Crippen molar-refractivity contribution in [1.82, 2.24) is 4.90 Å². The molecule has 32 heavy (non-hydrogen) atoms. The number of halogens is 3. The van der Waals surface area contributed by atoms with Crippen molar-refractivity contribution < 1.29 is 18.0 Å². The Bertz CT molecular complexity index is 1070. The first-order chi connectivity index (χ1) is 15.1. The van der Waals surface area contributed by atoms with Gasteiger partial charge in [-0.25, -0.2) is 0 Å². The summed E-state index contributed by atoms with van der Waals surface area (Å²) in [7, 11) is 5.24. The predicted octanol–water partition coefficient (Wildman–Crippen LogP) is 6.75. The Morgan fingerprint density at radius 1 is 0.969 bits per heavy atom. The number of thiophene rings is 1. The predicted molar refractivity (Wildman–Crippen MR) is 125 cm³/mol. The summed E-state index contributed by atoms with van der Waals surface area (Å²) in [4.78, 5) is 17.4. The first kappa shape index (κ1) is 23.6. The molecule has 1 aromatic heterocycles. The van der Waals surface area contributed by atoms with Crippen LogP contribution in [0.15, 0.2) is 73.3 Å². The fourth-order valence-electron chi connectivity index (χ4n) is 3.39. The highest BCUT2D eigenvalue weighted by molar-refractivity contribution is 7.14. The van der Waals surface area contributed by atoms with Gasteiger partial charge in [0.2, 0.25) is 0 Å². The average Bonchev–Trinajstić information content (AvgIpc) is 3.26. The van der Waals surface area contributed by atoms with Gasteiger partial charge in [-0.3, -0.25) is 4.79 Å². The van der Waals surface area contributed by atoms with E-state index in [0.717, 1.165) is 28.1 Å². The quantitative estimate of drug-likeness (QED) is 0.391. The molecular weight excluding hydrogens is 433 g/mol. The van der Waals surface area contributed by atoms with Crippen molar-refractivity contribution in [2.24, 2.45) is 0 Å². The Morgan fingerprint density at radius 2 is 1.59 bits per heavy atom. The van der Waals surface area contributed by atoms with E-state index in [9.17, 15) is 18.0 Å². The second kappa shape index (κ2) is 9.61. The van der Waals surface area contributed by atoms with Gasteiger partial charge in [0.15, 0.2) is 0 Å². The maximum absolute atomic E-state index is 13.0. The van der Waals surface area contributed by atoms with E-state index in [-0.39, 0.29) is 11.9 Å². The van der Waals surface area contributed by atoms with Crippen molar-refractivity contribution in [1.29, 1.82) is 0 Å². The summed E-state index contributed by atoms with van der Waals surface area (Å²) in [6, 6.07) is 18.4. The lowest BCUT2D eigenvalue weighted by atomic mass is 9.98. The summed E-state index contributed by atoms with van der Waals surface area (Å²) in [6.45, 7) is 4.24. The number of anilines is 1. The van der Waals surface area contributed by atoms with Gasteiger partial charge in [0, 0.05) is 31.7 Å². The van der Waals surface area contributed by atoms with Crippen LogP contribution in [0.2, 0.25) is 0 Å². The van der Waals surface area contributed by atoms with Crippen LogP contribution in [-0.2, 0) is 6.18 Å². The van der Waals surface area contributed by atoms with Crippen molar-refractivity contribution in [3.05, 3.63) is 94.2 Å². The van der Waals surface area contributed by atoms with E-state index in [1.165, 1.54) is 28.4 Å². The molecule has 0 bridgehead atoms. The molecule has 0 aliphatic rings. The Morgan fingerprint density at radius 3 is 2.16 bits per heavy atom. The minimum atomic E-state index is -4.38. The zero-order chi connectivity index (χ0) is 23.5. The van der Waals surface area contributed by atoms with Crippen molar-refractivity contribution in [3.8, 4) is 0 Å². The van der Waals surface area contributed by atoms with Crippen molar-refractivity contribution in [2.75, 3.05) is 26.0 Å². The second-order valence-electron chi connectivity index (χ2n) is 7.75. The molecule has 0 spiro atoms. The molecule has 0 saturated carbocycles. The Kier molecular flexibility index (Phi) is 7.09. The normalized spacial score (nSPS) is 12.3. The Hall–Kier alpha value is -3.06. The summed E-state index contributed by atoms with van der Waals surface area (Å²) in [6.07, 6.45) is -3.83. The number of rotatable bonds is 7. The van der Waals surface area contributed by atoms with Crippen molar-refractivity contribution >= 4 is 28.5 Å². The largest absolute Gasteiger partial charge is 0.416 e. The van der Waals surface area contributed by atoms with Crippen LogP contribution in [0.1, 0.15) is 38.1 Å². The summed E-state index contributed by atoms with van der Waals surface area (Å²) in [5.41, 5.74) is 1.87. The van der Waals surface area contributed by atoms with Crippen LogP contribution in [-0.4, -0.2) is 32.0 Å². The number of benzene rings is 2. The Balaban J connectivity index is 1.94. The second-order valence-corrected chi connectivity index (χ2v) is 8.86. The first-order valence-electron chi connectivity index (χ1n) is 10.0. The minimum Gasteiger partial charge on any atom is -0.366 e. The molecule has 1 amide bonds. The molecule has 0 N–H and O–H groups in total. The molecule has 0 fully saturated rings. The number of amides is 1. The molecule has 1 heterocycles. The Labute approximate surface area is 190 Å². The van der Waals surface area contributed by atoms with Crippen LogP contribution < -0.4 is 4.90 Å². The lowest BCUT2D eigenvalue weighted by Crippen LogP contribution is -2.24.